The number of hydrogen-bond donors (Lipinski definition) is 1. The van der Waals surface area contributed by atoms with Gasteiger partial charge in [-0.1, -0.05) is 27.2 Å². The molecule has 1 fully saturated rings. The largest absolute Gasteiger partial charge is 0.486 e. The van der Waals surface area contributed by atoms with Gasteiger partial charge in [0, 0.05) is 4.47 Å². The fourth-order valence-corrected chi connectivity index (χ4v) is 2.97. The summed E-state index contributed by atoms with van der Waals surface area (Å²) in [6.45, 7) is 0.318. The molecule has 4 rings (SSSR count). The molecular weight excluding hydrogens is 374 g/mol. The predicted molar refractivity (Wildman–Crippen MR) is 90.2 cm³/mol. The number of rotatable bonds is 5. The van der Waals surface area contributed by atoms with Crippen LogP contribution in [-0.4, -0.2) is 10.1 Å². The highest BCUT2D eigenvalue weighted by Gasteiger charge is 2.39. The molecule has 1 aliphatic carbocycles. The molecule has 24 heavy (non-hydrogen) atoms. The molecule has 2 N–H and O–H groups in total. The maximum atomic E-state index is 6.21. The molecule has 2 aromatic heterocycles. The van der Waals surface area contributed by atoms with E-state index in [9.17, 15) is 0 Å². The summed E-state index contributed by atoms with van der Waals surface area (Å²) in [6, 6.07) is 11.3. The number of ether oxygens (including phenoxy) is 1. The minimum absolute atomic E-state index is 0.318. The quantitative estimate of drug-likeness (QED) is 0.708. The maximum Gasteiger partial charge on any atom is 0.293 e. The molecule has 1 aromatic carbocycles. The van der Waals surface area contributed by atoms with Gasteiger partial charge < -0.3 is 19.4 Å². The highest BCUT2D eigenvalue weighted by Crippen LogP contribution is 2.37. The van der Waals surface area contributed by atoms with Crippen LogP contribution in [0.25, 0.3) is 11.7 Å². The van der Waals surface area contributed by atoms with Crippen LogP contribution < -0.4 is 10.5 Å². The molecule has 7 heteroatoms. The van der Waals surface area contributed by atoms with E-state index in [-0.39, 0.29) is 0 Å². The van der Waals surface area contributed by atoms with Crippen molar-refractivity contribution in [1.29, 1.82) is 0 Å². The van der Waals surface area contributed by atoms with E-state index < -0.39 is 5.54 Å². The van der Waals surface area contributed by atoms with Gasteiger partial charge in [-0.2, -0.15) is 4.98 Å². The molecule has 124 valence electrons. The van der Waals surface area contributed by atoms with Crippen molar-refractivity contribution in [3.63, 3.8) is 0 Å². The van der Waals surface area contributed by atoms with Crippen molar-refractivity contribution < 1.29 is 13.7 Å². The summed E-state index contributed by atoms with van der Waals surface area (Å²) in [4.78, 5) is 4.37. The summed E-state index contributed by atoms with van der Waals surface area (Å²) >= 11 is 3.41. The standard InChI is InChI=1S/C17H16BrN3O3/c18-11-3-1-4-12(9-11)22-10-13-5-6-14(23-13)15-20-16(21-24-15)17(19)7-2-8-17/h1,3-6,9H,2,7-8,10,19H2. The molecule has 0 amide bonds. The fraction of sp³-hybridized carbons (Fsp3) is 0.294. The lowest BCUT2D eigenvalue weighted by atomic mass is 9.77. The molecule has 1 aliphatic rings. The van der Waals surface area contributed by atoms with Crippen LogP contribution in [0.5, 0.6) is 5.75 Å². The van der Waals surface area contributed by atoms with E-state index in [4.69, 9.17) is 19.4 Å². The van der Waals surface area contributed by atoms with Crippen LogP contribution in [0.15, 0.2) is 49.8 Å². The SMILES string of the molecule is NC1(c2noc(-c3ccc(COc4cccc(Br)c4)o3)n2)CCC1. The summed E-state index contributed by atoms with van der Waals surface area (Å²) in [5, 5.41) is 3.99. The van der Waals surface area contributed by atoms with E-state index in [0.29, 0.717) is 29.8 Å². The molecule has 6 nitrogen and oxygen atoms in total. The number of hydrogen-bond acceptors (Lipinski definition) is 6. The first kappa shape index (κ1) is 15.4. The Morgan fingerprint density at radius 1 is 1.25 bits per heavy atom. The zero-order valence-corrected chi connectivity index (χ0v) is 14.5. The van der Waals surface area contributed by atoms with Gasteiger partial charge in [0.25, 0.3) is 5.89 Å². The van der Waals surface area contributed by atoms with E-state index in [1.807, 2.05) is 30.3 Å². The van der Waals surface area contributed by atoms with E-state index in [2.05, 4.69) is 26.1 Å². The smallest absolute Gasteiger partial charge is 0.293 e. The van der Waals surface area contributed by atoms with Crippen LogP contribution in [0.2, 0.25) is 0 Å². The molecular formula is C17H16BrN3O3. The highest BCUT2D eigenvalue weighted by molar-refractivity contribution is 9.10. The number of benzene rings is 1. The molecule has 0 bridgehead atoms. The first-order chi connectivity index (χ1) is 11.6. The van der Waals surface area contributed by atoms with Gasteiger partial charge >= 0.3 is 0 Å². The molecule has 0 saturated heterocycles. The second kappa shape index (κ2) is 6.07. The Morgan fingerprint density at radius 3 is 2.88 bits per heavy atom. The fourth-order valence-electron chi connectivity index (χ4n) is 2.59. The number of aromatic nitrogens is 2. The lowest BCUT2D eigenvalue weighted by Gasteiger charge is -2.34. The van der Waals surface area contributed by atoms with Crippen LogP contribution in [0.4, 0.5) is 0 Å². The molecule has 3 aromatic rings. The van der Waals surface area contributed by atoms with Gasteiger partial charge in [-0.3, -0.25) is 0 Å². The first-order valence-electron chi connectivity index (χ1n) is 7.73. The van der Waals surface area contributed by atoms with Gasteiger partial charge in [-0.25, -0.2) is 0 Å². The van der Waals surface area contributed by atoms with Crippen LogP contribution in [-0.2, 0) is 12.1 Å². The van der Waals surface area contributed by atoms with Crippen molar-refractivity contribution in [3.05, 3.63) is 52.5 Å². The van der Waals surface area contributed by atoms with Gasteiger partial charge in [-0.15, -0.1) is 0 Å². The van der Waals surface area contributed by atoms with Crippen molar-refractivity contribution in [2.75, 3.05) is 0 Å². The second-order valence-electron chi connectivity index (χ2n) is 5.94. The van der Waals surface area contributed by atoms with Crippen LogP contribution in [0.1, 0.15) is 30.8 Å². The summed E-state index contributed by atoms with van der Waals surface area (Å²) in [5.41, 5.74) is 5.76. The zero-order valence-electron chi connectivity index (χ0n) is 12.9. The summed E-state index contributed by atoms with van der Waals surface area (Å²) < 4.78 is 17.7. The Labute approximate surface area is 147 Å². The monoisotopic (exact) mass is 389 g/mol. The van der Waals surface area contributed by atoms with Crippen LogP contribution in [0, 0.1) is 0 Å². The van der Waals surface area contributed by atoms with Crippen molar-refractivity contribution in [2.45, 2.75) is 31.4 Å². The molecule has 2 heterocycles. The highest BCUT2D eigenvalue weighted by atomic mass is 79.9. The third-order valence-corrected chi connectivity index (χ3v) is 4.66. The average molecular weight is 390 g/mol. The van der Waals surface area contributed by atoms with Crippen molar-refractivity contribution in [2.24, 2.45) is 5.73 Å². The number of furan rings is 1. The van der Waals surface area contributed by atoms with E-state index >= 15 is 0 Å². The molecule has 0 unspecified atom stereocenters. The molecule has 0 atom stereocenters. The van der Waals surface area contributed by atoms with Gasteiger partial charge in [0.15, 0.2) is 11.6 Å². The number of nitrogens with zero attached hydrogens (tertiary/aromatic N) is 2. The lowest BCUT2D eigenvalue weighted by Crippen LogP contribution is -2.44. The van der Waals surface area contributed by atoms with Crippen molar-refractivity contribution >= 4 is 15.9 Å². The average Bonchev–Trinajstić information content (AvgIpc) is 3.20. The first-order valence-corrected chi connectivity index (χ1v) is 8.52. The third-order valence-electron chi connectivity index (χ3n) is 4.17. The second-order valence-corrected chi connectivity index (χ2v) is 6.86. The van der Waals surface area contributed by atoms with Crippen molar-refractivity contribution in [1.82, 2.24) is 10.1 Å². The zero-order chi connectivity index (χ0) is 16.6. The van der Waals surface area contributed by atoms with Gasteiger partial charge in [-0.05, 0) is 49.6 Å². The lowest BCUT2D eigenvalue weighted by molar-refractivity contribution is 0.229. The van der Waals surface area contributed by atoms with Crippen LogP contribution in [0.3, 0.4) is 0 Å². The maximum absolute atomic E-state index is 6.21. The Bertz CT molecular complexity index is 854. The minimum Gasteiger partial charge on any atom is -0.486 e. The van der Waals surface area contributed by atoms with E-state index in [0.717, 1.165) is 29.5 Å². The Morgan fingerprint density at radius 2 is 2.12 bits per heavy atom. The van der Waals surface area contributed by atoms with Crippen molar-refractivity contribution in [3.8, 4) is 17.4 Å². The normalized spacial score (nSPS) is 15.9. The molecule has 1 saturated carbocycles. The summed E-state index contributed by atoms with van der Waals surface area (Å²) in [6.07, 6.45) is 2.86. The number of nitrogens with two attached hydrogens (primary N) is 1. The topological polar surface area (TPSA) is 87.3 Å². The van der Waals surface area contributed by atoms with Gasteiger partial charge in [0.05, 0.1) is 5.54 Å². The predicted octanol–water partition coefficient (Wildman–Crippen LogP) is 4.01. The third kappa shape index (κ3) is 2.97. The van der Waals surface area contributed by atoms with E-state index in [1.54, 1.807) is 6.07 Å². The van der Waals surface area contributed by atoms with Crippen LogP contribution >= 0.6 is 15.9 Å². The minimum atomic E-state index is -0.443. The van der Waals surface area contributed by atoms with E-state index in [1.165, 1.54) is 0 Å². The Kier molecular flexibility index (Phi) is 3.90. The Balaban J connectivity index is 1.45. The van der Waals surface area contributed by atoms with Gasteiger partial charge in [0.2, 0.25) is 0 Å². The Hall–Kier alpha value is -2.12. The summed E-state index contributed by atoms with van der Waals surface area (Å²) in [5.74, 6) is 2.85. The molecule has 0 spiro atoms. The number of halogens is 1. The molecule has 0 aliphatic heterocycles. The molecule has 0 radical (unpaired) electrons. The van der Waals surface area contributed by atoms with Gasteiger partial charge in [0.1, 0.15) is 18.1 Å². The summed E-state index contributed by atoms with van der Waals surface area (Å²) in [7, 11) is 0.